The summed E-state index contributed by atoms with van der Waals surface area (Å²) in [7, 11) is 1.56. The minimum atomic E-state index is -0.696. The van der Waals surface area contributed by atoms with Gasteiger partial charge >= 0.3 is 11.1 Å². The Morgan fingerprint density at radius 2 is 1.70 bits per heavy atom. The zero-order valence-corrected chi connectivity index (χ0v) is 19.6. The van der Waals surface area contributed by atoms with Crippen LogP contribution in [-0.2, 0) is 18.4 Å². The Bertz CT molecular complexity index is 1290. The second-order valence-corrected chi connectivity index (χ2v) is 8.79. The predicted molar refractivity (Wildman–Crippen MR) is 131 cm³/mol. The third-order valence-corrected chi connectivity index (χ3v) is 6.44. The highest BCUT2D eigenvalue weighted by Gasteiger charge is 2.19. The SMILES string of the molecule is Cc1ccc(Cl)cc1N1CCN(CCNC(=O)Cn2c(=O)c(=O)n(C)c3ccccc32)CC1. The van der Waals surface area contributed by atoms with Crippen LogP contribution >= 0.6 is 11.6 Å². The molecule has 0 spiro atoms. The number of fused-ring (bicyclic) bond motifs is 1. The fraction of sp³-hybridized carbons (Fsp3) is 0.375. The number of aromatic nitrogens is 2. The molecular weight excluding hydrogens is 442 g/mol. The molecule has 1 amide bonds. The van der Waals surface area contributed by atoms with E-state index < -0.39 is 11.1 Å². The van der Waals surface area contributed by atoms with E-state index in [0.717, 1.165) is 37.7 Å². The molecule has 2 aromatic carbocycles. The van der Waals surface area contributed by atoms with E-state index in [1.165, 1.54) is 20.4 Å². The van der Waals surface area contributed by atoms with Gasteiger partial charge in [-0.2, -0.15) is 0 Å². The van der Waals surface area contributed by atoms with E-state index in [1.807, 2.05) is 18.2 Å². The average Bonchev–Trinajstić information content (AvgIpc) is 2.82. The van der Waals surface area contributed by atoms with Gasteiger partial charge in [-0.25, -0.2) is 0 Å². The summed E-state index contributed by atoms with van der Waals surface area (Å²) >= 11 is 6.16. The molecule has 0 aliphatic carbocycles. The van der Waals surface area contributed by atoms with Crippen LogP contribution in [0.3, 0.4) is 0 Å². The quantitative estimate of drug-likeness (QED) is 0.555. The Kier molecular flexibility index (Phi) is 6.85. The van der Waals surface area contributed by atoms with Gasteiger partial charge in [-0.3, -0.25) is 23.9 Å². The van der Waals surface area contributed by atoms with E-state index in [0.29, 0.717) is 17.6 Å². The molecule has 1 aromatic heterocycles. The Balaban J connectivity index is 1.31. The number of rotatable bonds is 6. The van der Waals surface area contributed by atoms with Crippen LogP contribution in [0.4, 0.5) is 5.69 Å². The maximum atomic E-state index is 12.5. The summed E-state index contributed by atoms with van der Waals surface area (Å²) < 4.78 is 2.57. The molecule has 2 heterocycles. The van der Waals surface area contributed by atoms with Crippen molar-refractivity contribution < 1.29 is 4.79 Å². The van der Waals surface area contributed by atoms with Crippen molar-refractivity contribution in [3.63, 3.8) is 0 Å². The van der Waals surface area contributed by atoms with Crippen molar-refractivity contribution in [1.29, 1.82) is 0 Å². The predicted octanol–water partition coefficient (Wildman–Crippen LogP) is 1.60. The Hall–Kier alpha value is -3.10. The van der Waals surface area contributed by atoms with Gasteiger partial charge in [0, 0.05) is 57.0 Å². The first-order valence-corrected chi connectivity index (χ1v) is 11.4. The number of nitrogens with zero attached hydrogens (tertiary/aromatic N) is 4. The van der Waals surface area contributed by atoms with Gasteiger partial charge in [0.1, 0.15) is 6.54 Å². The van der Waals surface area contributed by atoms with Crippen molar-refractivity contribution in [1.82, 2.24) is 19.4 Å². The second-order valence-electron chi connectivity index (χ2n) is 8.35. The maximum Gasteiger partial charge on any atom is 0.317 e. The zero-order valence-electron chi connectivity index (χ0n) is 18.9. The maximum absolute atomic E-state index is 12.5. The number of para-hydroxylation sites is 2. The highest BCUT2D eigenvalue weighted by Crippen LogP contribution is 2.25. The van der Waals surface area contributed by atoms with Crippen LogP contribution in [0.25, 0.3) is 11.0 Å². The number of hydrogen-bond donors (Lipinski definition) is 1. The average molecular weight is 470 g/mol. The zero-order chi connectivity index (χ0) is 23.5. The molecule has 1 aliphatic heterocycles. The number of nitrogens with one attached hydrogen (secondary N) is 1. The molecule has 0 radical (unpaired) electrons. The van der Waals surface area contributed by atoms with Crippen LogP contribution in [0, 0.1) is 6.92 Å². The molecule has 9 heteroatoms. The smallest absolute Gasteiger partial charge is 0.317 e. The van der Waals surface area contributed by atoms with Gasteiger partial charge in [0.2, 0.25) is 5.91 Å². The van der Waals surface area contributed by atoms with Gasteiger partial charge in [0.25, 0.3) is 0 Å². The standard InChI is InChI=1S/C24H28ClN5O3/c1-17-7-8-18(25)15-21(17)29-13-11-28(12-14-29)10-9-26-22(31)16-30-20-6-4-3-5-19(20)27(2)23(32)24(30)33/h3-8,15H,9-14,16H2,1-2H3,(H,26,31). The van der Waals surface area contributed by atoms with Crippen LogP contribution in [0.5, 0.6) is 0 Å². The first kappa shape index (κ1) is 23.1. The van der Waals surface area contributed by atoms with Crippen LogP contribution < -0.4 is 21.3 Å². The van der Waals surface area contributed by atoms with E-state index in [2.05, 4.69) is 22.0 Å². The number of carbonyl (C=O) groups excluding carboxylic acids is 1. The molecule has 174 valence electrons. The topological polar surface area (TPSA) is 79.6 Å². The van der Waals surface area contributed by atoms with Gasteiger partial charge in [-0.05, 0) is 36.8 Å². The molecule has 0 saturated carbocycles. The van der Waals surface area contributed by atoms with Crippen molar-refractivity contribution in [3.8, 4) is 0 Å². The molecule has 0 unspecified atom stereocenters. The van der Waals surface area contributed by atoms with Gasteiger partial charge < -0.3 is 14.8 Å². The molecule has 1 fully saturated rings. The summed E-state index contributed by atoms with van der Waals surface area (Å²) in [5, 5.41) is 3.62. The summed E-state index contributed by atoms with van der Waals surface area (Å²) in [5.74, 6) is -0.288. The van der Waals surface area contributed by atoms with Crippen LogP contribution in [0.15, 0.2) is 52.1 Å². The van der Waals surface area contributed by atoms with Gasteiger partial charge in [-0.15, -0.1) is 0 Å². The van der Waals surface area contributed by atoms with Crippen molar-refractivity contribution >= 4 is 34.2 Å². The largest absolute Gasteiger partial charge is 0.369 e. The lowest BCUT2D eigenvalue weighted by Crippen LogP contribution is -2.49. The molecular formula is C24H28ClN5O3. The summed E-state index contributed by atoms with van der Waals surface area (Å²) in [6.07, 6.45) is 0. The molecule has 8 nitrogen and oxygen atoms in total. The number of hydrogen-bond acceptors (Lipinski definition) is 5. The first-order valence-electron chi connectivity index (χ1n) is 11.0. The minimum Gasteiger partial charge on any atom is -0.369 e. The lowest BCUT2D eigenvalue weighted by molar-refractivity contribution is -0.121. The molecule has 1 aliphatic rings. The monoisotopic (exact) mass is 469 g/mol. The van der Waals surface area contributed by atoms with Crippen molar-refractivity contribution in [2.24, 2.45) is 7.05 Å². The fourth-order valence-corrected chi connectivity index (χ4v) is 4.47. The van der Waals surface area contributed by atoms with Crippen LogP contribution in [0.2, 0.25) is 5.02 Å². The Morgan fingerprint density at radius 3 is 2.42 bits per heavy atom. The molecule has 0 atom stereocenters. The Labute approximate surface area is 197 Å². The third kappa shape index (κ3) is 4.96. The molecule has 33 heavy (non-hydrogen) atoms. The molecule has 3 aromatic rings. The number of halogens is 1. The van der Waals surface area contributed by atoms with Crippen molar-refractivity contribution in [2.75, 3.05) is 44.2 Å². The highest BCUT2D eigenvalue weighted by atomic mass is 35.5. The van der Waals surface area contributed by atoms with E-state index in [1.54, 1.807) is 31.3 Å². The van der Waals surface area contributed by atoms with Gasteiger partial charge in [-0.1, -0.05) is 29.8 Å². The van der Waals surface area contributed by atoms with Crippen LogP contribution in [-0.4, -0.2) is 59.2 Å². The summed E-state index contributed by atoms with van der Waals surface area (Å²) in [4.78, 5) is 41.9. The molecule has 0 bridgehead atoms. The van der Waals surface area contributed by atoms with Gasteiger partial charge in [0.05, 0.1) is 11.0 Å². The third-order valence-electron chi connectivity index (χ3n) is 6.20. The number of carbonyl (C=O) groups is 1. The summed E-state index contributed by atoms with van der Waals surface area (Å²) in [6.45, 7) is 6.67. The van der Waals surface area contributed by atoms with E-state index in [9.17, 15) is 14.4 Å². The number of benzene rings is 2. The highest BCUT2D eigenvalue weighted by molar-refractivity contribution is 6.30. The van der Waals surface area contributed by atoms with Crippen LogP contribution in [0.1, 0.15) is 5.56 Å². The molecule has 4 rings (SSSR count). The summed E-state index contributed by atoms with van der Waals surface area (Å²) in [6, 6.07) is 13.0. The van der Waals surface area contributed by atoms with E-state index in [4.69, 9.17) is 11.6 Å². The molecule has 1 saturated heterocycles. The second kappa shape index (κ2) is 9.80. The number of aryl methyl sites for hydroxylation is 2. The first-order chi connectivity index (χ1) is 15.8. The number of anilines is 1. The summed E-state index contributed by atoms with van der Waals surface area (Å²) in [5.41, 5.74) is 2.21. The minimum absolute atomic E-state index is 0.183. The number of piperazine rings is 1. The van der Waals surface area contributed by atoms with Gasteiger partial charge in [0.15, 0.2) is 0 Å². The van der Waals surface area contributed by atoms with E-state index in [-0.39, 0.29) is 12.5 Å². The van der Waals surface area contributed by atoms with Crippen molar-refractivity contribution in [3.05, 3.63) is 73.8 Å². The van der Waals surface area contributed by atoms with Crippen molar-refractivity contribution in [2.45, 2.75) is 13.5 Å². The fourth-order valence-electron chi connectivity index (χ4n) is 4.30. The lowest BCUT2D eigenvalue weighted by atomic mass is 10.1. The molecule has 1 N–H and O–H groups in total. The van der Waals surface area contributed by atoms with E-state index >= 15 is 0 Å². The normalized spacial score (nSPS) is 14.6. The number of amides is 1. The Morgan fingerprint density at radius 1 is 1.00 bits per heavy atom. The lowest BCUT2D eigenvalue weighted by Gasteiger charge is -2.36.